The number of anilines is 1. The van der Waals surface area contributed by atoms with Crippen LogP contribution in [0, 0.1) is 0 Å². The maximum atomic E-state index is 11.8. The largest absolute Gasteiger partial charge is 0.466 e. The number of carbonyl (C=O) groups excluding carboxylic acids is 2. The molecule has 21 heavy (non-hydrogen) atoms. The van der Waals surface area contributed by atoms with Crippen LogP contribution < -0.4 is 5.73 Å². The number of carbonyl (C=O) groups is 2. The summed E-state index contributed by atoms with van der Waals surface area (Å²) in [7, 11) is 0. The Hall–Kier alpha value is -1.75. The van der Waals surface area contributed by atoms with E-state index < -0.39 is 5.97 Å². The van der Waals surface area contributed by atoms with Crippen LogP contribution in [0.25, 0.3) is 0 Å². The fourth-order valence-electron chi connectivity index (χ4n) is 1.72. The molecule has 5 nitrogen and oxygen atoms in total. The summed E-state index contributed by atoms with van der Waals surface area (Å²) < 4.78 is 9.94. The third-order valence-corrected chi connectivity index (χ3v) is 3.10. The molecule has 0 aliphatic carbocycles. The van der Waals surface area contributed by atoms with Crippen molar-refractivity contribution in [3.05, 3.63) is 28.8 Å². The summed E-state index contributed by atoms with van der Waals surface area (Å²) in [6, 6.07) is 4.67. The van der Waals surface area contributed by atoms with Crippen LogP contribution in [0.5, 0.6) is 0 Å². The highest BCUT2D eigenvalue weighted by molar-refractivity contribution is 6.33. The maximum absolute atomic E-state index is 11.8. The summed E-state index contributed by atoms with van der Waals surface area (Å²) in [5.41, 5.74) is 6.33. The first-order valence-corrected chi connectivity index (χ1v) is 7.30. The van der Waals surface area contributed by atoms with Gasteiger partial charge in [-0.15, -0.1) is 0 Å². The molecule has 0 bridgehead atoms. The number of nitrogen functional groups attached to an aromatic ring is 1. The van der Waals surface area contributed by atoms with Crippen molar-refractivity contribution in [2.75, 3.05) is 18.9 Å². The molecule has 1 rings (SSSR count). The van der Waals surface area contributed by atoms with E-state index in [2.05, 4.69) is 0 Å². The second-order valence-corrected chi connectivity index (χ2v) is 4.90. The van der Waals surface area contributed by atoms with Gasteiger partial charge in [0.2, 0.25) is 0 Å². The minimum atomic E-state index is -0.488. The molecule has 0 heterocycles. The Morgan fingerprint density at radius 2 is 1.95 bits per heavy atom. The number of rotatable bonds is 8. The summed E-state index contributed by atoms with van der Waals surface area (Å²) in [5.74, 6) is -0.682. The second kappa shape index (κ2) is 9.23. The van der Waals surface area contributed by atoms with Crippen molar-refractivity contribution in [2.24, 2.45) is 0 Å². The molecule has 0 amide bonds. The third kappa shape index (κ3) is 6.49. The Bertz CT molecular complexity index is 491. The normalized spacial score (nSPS) is 10.2. The van der Waals surface area contributed by atoms with Crippen molar-refractivity contribution in [1.29, 1.82) is 0 Å². The predicted molar refractivity (Wildman–Crippen MR) is 81.2 cm³/mol. The van der Waals surface area contributed by atoms with E-state index in [9.17, 15) is 9.59 Å². The van der Waals surface area contributed by atoms with Crippen LogP contribution in [0.3, 0.4) is 0 Å². The topological polar surface area (TPSA) is 78.6 Å². The van der Waals surface area contributed by atoms with Gasteiger partial charge in [0, 0.05) is 12.1 Å². The first kappa shape index (κ1) is 17.3. The van der Waals surface area contributed by atoms with E-state index in [1.807, 2.05) is 0 Å². The average Bonchev–Trinajstić information content (AvgIpc) is 2.45. The Morgan fingerprint density at radius 1 is 1.19 bits per heavy atom. The van der Waals surface area contributed by atoms with Gasteiger partial charge in [-0.1, -0.05) is 11.6 Å². The molecule has 0 radical (unpaired) electrons. The number of ether oxygens (including phenoxy) is 2. The summed E-state index contributed by atoms with van der Waals surface area (Å²) in [6.45, 7) is 2.46. The highest BCUT2D eigenvalue weighted by Gasteiger charge is 2.12. The molecular weight excluding hydrogens is 294 g/mol. The lowest BCUT2D eigenvalue weighted by Crippen LogP contribution is -2.08. The van der Waals surface area contributed by atoms with E-state index in [1.54, 1.807) is 19.1 Å². The molecule has 0 unspecified atom stereocenters. The maximum Gasteiger partial charge on any atom is 0.339 e. The Balaban J connectivity index is 2.22. The van der Waals surface area contributed by atoms with E-state index in [0.717, 1.165) is 12.8 Å². The summed E-state index contributed by atoms with van der Waals surface area (Å²) in [4.78, 5) is 22.9. The Labute approximate surface area is 129 Å². The molecule has 2 N–H and O–H groups in total. The number of hydrogen-bond donors (Lipinski definition) is 1. The van der Waals surface area contributed by atoms with Gasteiger partial charge in [-0.3, -0.25) is 4.79 Å². The predicted octanol–water partition coefficient (Wildman–Crippen LogP) is 3.20. The van der Waals surface area contributed by atoms with Crippen LogP contribution in [0.4, 0.5) is 5.69 Å². The number of benzene rings is 1. The summed E-state index contributed by atoms with van der Waals surface area (Å²) in [6.07, 6.45) is 2.58. The molecule has 0 saturated heterocycles. The summed E-state index contributed by atoms with van der Waals surface area (Å²) in [5, 5.41) is 0.316. The average molecular weight is 314 g/mol. The number of esters is 2. The van der Waals surface area contributed by atoms with E-state index in [-0.39, 0.29) is 18.1 Å². The lowest BCUT2D eigenvalue weighted by atomic mass is 10.2. The molecule has 1 aromatic rings. The van der Waals surface area contributed by atoms with Crippen LogP contribution in [0.1, 0.15) is 43.0 Å². The molecule has 6 heteroatoms. The number of hydrogen-bond acceptors (Lipinski definition) is 5. The SMILES string of the molecule is CCOC(=O)CCCCCOC(=O)c1cc(N)ccc1Cl. The molecular formula is C15H20ClNO4. The van der Waals surface area contributed by atoms with Gasteiger partial charge in [0.15, 0.2) is 0 Å². The van der Waals surface area contributed by atoms with Crippen LogP contribution in [-0.4, -0.2) is 25.2 Å². The molecule has 0 fully saturated rings. The lowest BCUT2D eigenvalue weighted by Gasteiger charge is -2.07. The van der Waals surface area contributed by atoms with Gasteiger partial charge in [-0.25, -0.2) is 4.79 Å². The molecule has 0 atom stereocenters. The smallest absolute Gasteiger partial charge is 0.339 e. The number of unbranched alkanes of at least 4 members (excludes halogenated alkanes) is 2. The minimum Gasteiger partial charge on any atom is -0.466 e. The molecule has 0 spiro atoms. The Kier molecular flexibility index (Phi) is 7.61. The Morgan fingerprint density at radius 3 is 2.67 bits per heavy atom. The fourth-order valence-corrected chi connectivity index (χ4v) is 1.92. The van der Waals surface area contributed by atoms with Gasteiger partial charge in [0.25, 0.3) is 0 Å². The van der Waals surface area contributed by atoms with Crippen molar-refractivity contribution < 1.29 is 19.1 Å². The molecule has 0 aromatic heterocycles. The third-order valence-electron chi connectivity index (χ3n) is 2.77. The molecule has 0 aliphatic heterocycles. The van der Waals surface area contributed by atoms with E-state index in [4.69, 9.17) is 26.8 Å². The highest BCUT2D eigenvalue weighted by Crippen LogP contribution is 2.19. The van der Waals surface area contributed by atoms with E-state index in [0.29, 0.717) is 30.2 Å². The van der Waals surface area contributed by atoms with Crippen LogP contribution >= 0.6 is 11.6 Å². The summed E-state index contributed by atoms with van der Waals surface area (Å²) >= 11 is 5.91. The van der Waals surface area contributed by atoms with Crippen LogP contribution in [-0.2, 0) is 14.3 Å². The fraction of sp³-hybridized carbons (Fsp3) is 0.467. The van der Waals surface area contributed by atoms with Gasteiger partial charge in [0.1, 0.15) is 0 Å². The number of halogens is 1. The number of nitrogens with two attached hydrogens (primary N) is 1. The zero-order valence-electron chi connectivity index (χ0n) is 12.1. The standard InChI is InChI=1S/C15H20ClNO4/c1-2-20-14(18)6-4-3-5-9-21-15(19)12-10-11(17)7-8-13(12)16/h7-8,10H,2-6,9,17H2,1H3. The zero-order chi connectivity index (χ0) is 15.7. The molecule has 0 aliphatic rings. The van der Waals surface area contributed by atoms with Crippen molar-refractivity contribution >= 4 is 29.2 Å². The van der Waals surface area contributed by atoms with Gasteiger partial charge in [-0.05, 0) is 44.4 Å². The lowest BCUT2D eigenvalue weighted by molar-refractivity contribution is -0.143. The van der Waals surface area contributed by atoms with Crippen LogP contribution in [0.15, 0.2) is 18.2 Å². The quantitative estimate of drug-likeness (QED) is 0.453. The van der Waals surface area contributed by atoms with Gasteiger partial charge in [-0.2, -0.15) is 0 Å². The van der Waals surface area contributed by atoms with E-state index in [1.165, 1.54) is 6.07 Å². The first-order chi connectivity index (χ1) is 10.0. The monoisotopic (exact) mass is 313 g/mol. The van der Waals surface area contributed by atoms with Crippen molar-refractivity contribution in [3.8, 4) is 0 Å². The van der Waals surface area contributed by atoms with Crippen molar-refractivity contribution in [1.82, 2.24) is 0 Å². The zero-order valence-corrected chi connectivity index (χ0v) is 12.8. The first-order valence-electron chi connectivity index (χ1n) is 6.92. The molecule has 116 valence electrons. The molecule has 0 saturated carbocycles. The highest BCUT2D eigenvalue weighted by atomic mass is 35.5. The van der Waals surface area contributed by atoms with Gasteiger partial charge >= 0.3 is 11.9 Å². The van der Waals surface area contributed by atoms with Crippen LogP contribution in [0.2, 0.25) is 5.02 Å². The van der Waals surface area contributed by atoms with Crippen molar-refractivity contribution in [3.63, 3.8) is 0 Å². The van der Waals surface area contributed by atoms with Gasteiger partial charge in [0.05, 0.1) is 23.8 Å². The second-order valence-electron chi connectivity index (χ2n) is 4.49. The van der Waals surface area contributed by atoms with E-state index >= 15 is 0 Å². The van der Waals surface area contributed by atoms with Crippen molar-refractivity contribution in [2.45, 2.75) is 32.6 Å². The molecule has 1 aromatic carbocycles. The minimum absolute atomic E-state index is 0.193. The van der Waals surface area contributed by atoms with Gasteiger partial charge < -0.3 is 15.2 Å².